The molecule has 5 heteroatoms. The van der Waals surface area contributed by atoms with Gasteiger partial charge in [0.15, 0.2) is 0 Å². The molecule has 0 spiro atoms. The van der Waals surface area contributed by atoms with E-state index in [1.807, 2.05) is 13.8 Å². The predicted octanol–water partition coefficient (Wildman–Crippen LogP) is 4.04. The Morgan fingerprint density at radius 1 is 1.20 bits per heavy atom. The number of anilines is 2. The zero-order valence-electron chi connectivity index (χ0n) is 11.1. The maximum atomic E-state index is 13.7. The maximum absolute atomic E-state index is 13.7. The van der Waals surface area contributed by atoms with E-state index in [0.29, 0.717) is 15.8 Å². The van der Waals surface area contributed by atoms with Gasteiger partial charge in [0.1, 0.15) is 5.82 Å². The summed E-state index contributed by atoms with van der Waals surface area (Å²) in [5, 5.41) is 2.71. The summed E-state index contributed by atoms with van der Waals surface area (Å²) < 4.78 is 14.3. The van der Waals surface area contributed by atoms with Crippen LogP contribution >= 0.6 is 15.9 Å². The first kappa shape index (κ1) is 14.5. The number of nitrogens with two attached hydrogens (primary N) is 1. The SMILES string of the molecule is Cc1cc(NC(=O)c2cc(Br)ccc2F)c(C)cc1N. The van der Waals surface area contributed by atoms with E-state index in [1.54, 1.807) is 18.2 Å². The minimum absolute atomic E-state index is 0.00625. The molecule has 0 aliphatic rings. The van der Waals surface area contributed by atoms with Gasteiger partial charge in [0.05, 0.1) is 5.56 Å². The molecule has 0 saturated carbocycles. The number of hydrogen-bond donors (Lipinski definition) is 2. The van der Waals surface area contributed by atoms with Gasteiger partial charge in [-0.2, -0.15) is 0 Å². The molecule has 0 radical (unpaired) electrons. The monoisotopic (exact) mass is 336 g/mol. The van der Waals surface area contributed by atoms with Crippen LogP contribution in [0.1, 0.15) is 21.5 Å². The Kier molecular flexibility index (Phi) is 4.09. The molecular formula is C15H14BrFN2O. The Labute approximate surface area is 125 Å². The summed E-state index contributed by atoms with van der Waals surface area (Å²) in [6.45, 7) is 3.69. The number of amides is 1. The van der Waals surface area contributed by atoms with E-state index < -0.39 is 11.7 Å². The van der Waals surface area contributed by atoms with E-state index in [1.165, 1.54) is 12.1 Å². The van der Waals surface area contributed by atoms with E-state index >= 15 is 0 Å². The second-order valence-corrected chi connectivity index (χ2v) is 5.52. The van der Waals surface area contributed by atoms with Gasteiger partial charge in [-0.05, 0) is 55.3 Å². The van der Waals surface area contributed by atoms with Crippen molar-refractivity contribution in [3.8, 4) is 0 Å². The van der Waals surface area contributed by atoms with Crippen LogP contribution in [0.5, 0.6) is 0 Å². The highest BCUT2D eigenvalue weighted by Crippen LogP contribution is 2.23. The maximum Gasteiger partial charge on any atom is 0.258 e. The minimum atomic E-state index is -0.560. The second kappa shape index (κ2) is 5.63. The third-order valence-corrected chi connectivity index (χ3v) is 3.53. The van der Waals surface area contributed by atoms with E-state index in [2.05, 4.69) is 21.2 Å². The van der Waals surface area contributed by atoms with E-state index in [0.717, 1.165) is 11.1 Å². The van der Waals surface area contributed by atoms with Crippen molar-refractivity contribution in [2.45, 2.75) is 13.8 Å². The van der Waals surface area contributed by atoms with Crippen molar-refractivity contribution < 1.29 is 9.18 Å². The first-order chi connectivity index (χ1) is 9.38. The van der Waals surface area contributed by atoms with Gasteiger partial charge < -0.3 is 11.1 Å². The lowest BCUT2D eigenvalue weighted by atomic mass is 10.1. The van der Waals surface area contributed by atoms with Crippen LogP contribution in [0.4, 0.5) is 15.8 Å². The molecule has 0 saturated heterocycles. The van der Waals surface area contributed by atoms with Crippen molar-refractivity contribution in [2.24, 2.45) is 0 Å². The number of rotatable bonds is 2. The first-order valence-electron chi connectivity index (χ1n) is 6.01. The number of carbonyl (C=O) groups is 1. The molecule has 20 heavy (non-hydrogen) atoms. The molecule has 0 heterocycles. The van der Waals surface area contributed by atoms with Crippen LogP contribution in [-0.4, -0.2) is 5.91 Å². The largest absolute Gasteiger partial charge is 0.399 e. The number of halogens is 2. The lowest BCUT2D eigenvalue weighted by Crippen LogP contribution is -2.15. The third kappa shape index (κ3) is 2.99. The highest BCUT2D eigenvalue weighted by atomic mass is 79.9. The zero-order valence-corrected chi connectivity index (χ0v) is 12.7. The molecule has 1 amide bonds. The first-order valence-corrected chi connectivity index (χ1v) is 6.81. The van der Waals surface area contributed by atoms with Crippen LogP contribution < -0.4 is 11.1 Å². The lowest BCUT2D eigenvalue weighted by Gasteiger charge is -2.11. The molecule has 0 fully saturated rings. The Bertz CT molecular complexity index is 686. The summed E-state index contributed by atoms with van der Waals surface area (Å²) >= 11 is 3.22. The Balaban J connectivity index is 2.32. The van der Waals surface area contributed by atoms with Crippen LogP contribution in [0.3, 0.4) is 0 Å². The summed E-state index contributed by atoms with van der Waals surface area (Å²) in [5.41, 5.74) is 8.77. The summed E-state index contributed by atoms with van der Waals surface area (Å²) in [6.07, 6.45) is 0. The van der Waals surface area contributed by atoms with Gasteiger partial charge in [-0.3, -0.25) is 4.79 Å². The molecular weight excluding hydrogens is 323 g/mol. The second-order valence-electron chi connectivity index (χ2n) is 4.60. The Morgan fingerprint density at radius 3 is 2.60 bits per heavy atom. The molecule has 0 unspecified atom stereocenters. The molecule has 2 aromatic carbocycles. The van der Waals surface area contributed by atoms with Crippen LogP contribution in [0.25, 0.3) is 0 Å². The van der Waals surface area contributed by atoms with Crippen LogP contribution in [0.15, 0.2) is 34.8 Å². The van der Waals surface area contributed by atoms with Crippen LogP contribution in [0.2, 0.25) is 0 Å². The number of carbonyl (C=O) groups excluding carboxylic acids is 1. The number of nitrogens with one attached hydrogen (secondary N) is 1. The molecule has 0 aliphatic carbocycles. The molecule has 104 valence electrons. The quantitative estimate of drug-likeness (QED) is 0.813. The van der Waals surface area contributed by atoms with Crippen LogP contribution in [-0.2, 0) is 0 Å². The molecule has 0 aliphatic heterocycles. The number of hydrogen-bond acceptors (Lipinski definition) is 2. The summed E-state index contributed by atoms with van der Waals surface area (Å²) in [6, 6.07) is 7.80. The van der Waals surface area contributed by atoms with Crippen LogP contribution in [0, 0.1) is 19.7 Å². The number of nitrogen functional groups attached to an aromatic ring is 1. The molecule has 2 aromatic rings. The van der Waals surface area contributed by atoms with Crippen molar-refractivity contribution in [1.82, 2.24) is 0 Å². The Hall–Kier alpha value is -1.88. The average molecular weight is 337 g/mol. The molecule has 3 N–H and O–H groups in total. The van der Waals surface area contributed by atoms with Gasteiger partial charge in [-0.1, -0.05) is 15.9 Å². The van der Waals surface area contributed by atoms with Crippen molar-refractivity contribution >= 4 is 33.2 Å². The number of benzene rings is 2. The molecule has 2 rings (SSSR count). The van der Waals surface area contributed by atoms with E-state index in [-0.39, 0.29) is 5.56 Å². The molecule has 0 aromatic heterocycles. The van der Waals surface area contributed by atoms with Crippen molar-refractivity contribution in [1.29, 1.82) is 0 Å². The fourth-order valence-corrected chi connectivity index (χ4v) is 2.20. The highest BCUT2D eigenvalue weighted by Gasteiger charge is 2.14. The third-order valence-electron chi connectivity index (χ3n) is 3.03. The summed E-state index contributed by atoms with van der Waals surface area (Å²) in [5.74, 6) is -1.05. The molecule has 3 nitrogen and oxygen atoms in total. The molecule has 0 atom stereocenters. The van der Waals surface area contributed by atoms with E-state index in [9.17, 15) is 9.18 Å². The van der Waals surface area contributed by atoms with Gasteiger partial charge >= 0.3 is 0 Å². The highest BCUT2D eigenvalue weighted by molar-refractivity contribution is 9.10. The standard InChI is InChI=1S/C15H14BrFN2O/c1-8-6-14(9(2)5-13(8)18)19-15(20)11-7-10(16)3-4-12(11)17/h3-7H,18H2,1-2H3,(H,19,20). The fraction of sp³-hybridized carbons (Fsp3) is 0.133. The normalized spacial score (nSPS) is 10.4. The van der Waals surface area contributed by atoms with Gasteiger partial charge in [-0.15, -0.1) is 0 Å². The predicted molar refractivity (Wildman–Crippen MR) is 82.4 cm³/mol. The summed E-state index contributed by atoms with van der Waals surface area (Å²) in [7, 11) is 0. The van der Waals surface area contributed by atoms with Crippen molar-refractivity contribution in [3.05, 3.63) is 57.3 Å². The zero-order chi connectivity index (χ0) is 14.9. The lowest BCUT2D eigenvalue weighted by molar-refractivity contribution is 0.102. The summed E-state index contributed by atoms with van der Waals surface area (Å²) in [4.78, 5) is 12.1. The van der Waals surface area contributed by atoms with Crippen molar-refractivity contribution in [3.63, 3.8) is 0 Å². The fourth-order valence-electron chi connectivity index (χ4n) is 1.83. The minimum Gasteiger partial charge on any atom is -0.399 e. The van der Waals surface area contributed by atoms with Gasteiger partial charge in [0.25, 0.3) is 5.91 Å². The topological polar surface area (TPSA) is 55.1 Å². The molecule has 0 bridgehead atoms. The smallest absolute Gasteiger partial charge is 0.258 e. The van der Waals surface area contributed by atoms with Crippen molar-refractivity contribution in [2.75, 3.05) is 11.1 Å². The Morgan fingerprint density at radius 2 is 1.90 bits per heavy atom. The number of aryl methyl sites for hydroxylation is 2. The van der Waals surface area contributed by atoms with E-state index in [4.69, 9.17) is 5.73 Å². The van der Waals surface area contributed by atoms with Gasteiger partial charge in [-0.25, -0.2) is 4.39 Å². The van der Waals surface area contributed by atoms with Gasteiger partial charge in [0, 0.05) is 15.8 Å². The van der Waals surface area contributed by atoms with Gasteiger partial charge in [0.2, 0.25) is 0 Å². The average Bonchev–Trinajstić information content (AvgIpc) is 2.38.